The van der Waals surface area contributed by atoms with Crippen molar-refractivity contribution in [2.24, 2.45) is 46.3 Å². The van der Waals surface area contributed by atoms with Gasteiger partial charge in [0, 0.05) is 0 Å². The Hall–Kier alpha value is -0.340. The van der Waals surface area contributed by atoms with Crippen LogP contribution in [0.4, 0.5) is 0 Å². The molecule has 2 N–H and O–H groups in total. The summed E-state index contributed by atoms with van der Waals surface area (Å²) in [6.07, 6.45) is 13.9. The maximum Gasteiger partial charge on any atom is 0.0585 e. The van der Waals surface area contributed by atoms with Gasteiger partial charge < -0.3 is 10.2 Å². The summed E-state index contributed by atoms with van der Waals surface area (Å²) in [5, 5.41) is 21.8. The minimum absolute atomic E-state index is 0.115. The number of aliphatic hydroxyl groups excluding tert-OH is 2. The molecule has 166 valence electrons. The van der Waals surface area contributed by atoms with Crippen molar-refractivity contribution in [1.82, 2.24) is 0 Å². The summed E-state index contributed by atoms with van der Waals surface area (Å²) in [6, 6.07) is 0. The van der Waals surface area contributed by atoms with Crippen LogP contribution in [0, 0.1) is 46.3 Å². The Morgan fingerprint density at radius 3 is 2.55 bits per heavy atom. The van der Waals surface area contributed by atoms with Gasteiger partial charge in [-0.25, -0.2) is 0 Å². The Labute approximate surface area is 179 Å². The van der Waals surface area contributed by atoms with Crippen molar-refractivity contribution in [3.8, 4) is 0 Å². The van der Waals surface area contributed by atoms with Gasteiger partial charge in [-0.2, -0.15) is 0 Å². The van der Waals surface area contributed by atoms with Gasteiger partial charge in [0.05, 0.1) is 12.2 Å². The highest BCUT2D eigenvalue weighted by Gasteiger charge is 2.61. The van der Waals surface area contributed by atoms with Gasteiger partial charge in [0.2, 0.25) is 0 Å². The third-order valence-electron chi connectivity index (χ3n) is 10.2. The number of allylic oxidation sites excluding steroid dienone is 1. The van der Waals surface area contributed by atoms with Crippen LogP contribution >= 0.6 is 0 Å². The molecule has 4 aliphatic rings. The predicted molar refractivity (Wildman–Crippen MR) is 120 cm³/mol. The molecule has 0 aromatic carbocycles. The van der Waals surface area contributed by atoms with Crippen molar-refractivity contribution in [2.75, 3.05) is 0 Å². The average Bonchev–Trinajstić information content (AvgIpc) is 2.98. The van der Waals surface area contributed by atoms with E-state index in [0.717, 1.165) is 55.8 Å². The second-order valence-corrected chi connectivity index (χ2v) is 12.3. The van der Waals surface area contributed by atoms with Crippen molar-refractivity contribution in [3.63, 3.8) is 0 Å². The van der Waals surface area contributed by atoms with E-state index in [1.54, 1.807) is 0 Å². The molecule has 2 heteroatoms. The SMILES string of the molecule is CC(C)CCC[C@@H](C)[C@H]1CC[C@H]2[C@@H]3CC=C4C[C@H](O)CC[C@]4(C)[C@H]3[C@H](O)C[C@]12C. The van der Waals surface area contributed by atoms with E-state index < -0.39 is 0 Å². The molecule has 0 heterocycles. The molecule has 0 unspecified atom stereocenters. The van der Waals surface area contributed by atoms with Crippen LogP contribution in [-0.2, 0) is 0 Å². The second-order valence-electron chi connectivity index (χ2n) is 12.3. The summed E-state index contributed by atoms with van der Waals surface area (Å²) >= 11 is 0. The van der Waals surface area contributed by atoms with Crippen LogP contribution in [0.25, 0.3) is 0 Å². The lowest BCUT2D eigenvalue weighted by Crippen LogP contribution is -2.56. The van der Waals surface area contributed by atoms with Crippen LogP contribution in [0.3, 0.4) is 0 Å². The van der Waals surface area contributed by atoms with Crippen LogP contribution in [0.5, 0.6) is 0 Å². The number of aliphatic hydroxyl groups is 2. The van der Waals surface area contributed by atoms with Crippen molar-refractivity contribution in [2.45, 2.75) is 111 Å². The fraction of sp³-hybridized carbons (Fsp3) is 0.926. The molecule has 0 radical (unpaired) electrons. The summed E-state index contributed by atoms with van der Waals surface area (Å²) in [5.41, 5.74) is 1.88. The molecule has 0 aromatic rings. The van der Waals surface area contributed by atoms with E-state index >= 15 is 0 Å². The third-order valence-corrected chi connectivity index (χ3v) is 10.2. The van der Waals surface area contributed by atoms with Gasteiger partial charge >= 0.3 is 0 Å². The lowest BCUT2D eigenvalue weighted by molar-refractivity contribution is -0.129. The monoisotopic (exact) mass is 402 g/mol. The van der Waals surface area contributed by atoms with E-state index in [4.69, 9.17) is 0 Å². The largest absolute Gasteiger partial charge is 0.393 e. The lowest BCUT2D eigenvalue weighted by Gasteiger charge is -2.60. The van der Waals surface area contributed by atoms with E-state index in [-0.39, 0.29) is 17.6 Å². The van der Waals surface area contributed by atoms with Crippen molar-refractivity contribution in [3.05, 3.63) is 11.6 Å². The van der Waals surface area contributed by atoms with Crippen LogP contribution < -0.4 is 0 Å². The molecule has 9 atom stereocenters. The van der Waals surface area contributed by atoms with E-state index in [9.17, 15) is 10.2 Å². The molecule has 0 saturated heterocycles. The van der Waals surface area contributed by atoms with Crippen LogP contribution in [0.2, 0.25) is 0 Å². The summed E-state index contributed by atoms with van der Waals surface area (Å²) in [6.45, 7) is 12.1. The first-order valence-electron chi connectivity index (χ1n) is 12.7. The van der Waals surface area contributed by atoms with Gasteiger partial charge in [0.1, 0.15) is 0 Å². The first-order chi connectivity index (χ1) is 13.7. The molecule has 3 fully saturated rings. The molecule has 4 rings (SSSR count). The summed E-state index contributed by atoms with van der Waals surface area (Å²) in [5.74, 6) is 4.19. The first-order valence-corrected chi connectivity index (χ1v) is 12.7. The Kier molecular flexibility index (Phi) is 6.01. The zero-order chi connectivity index (χ0) is 21.0. The molecule has 4 aliphatic carbocycles. The first kappa shape index (κ1) is 21.9. The summed E-state index contributed by atoms with van der Waals surface area (Å²) in [7, 11) is 0. The number of hydrogen-bond acceptors (Lipinski definition) is 2. The molecule has 0 aliphatic heterocycles. The zero-order valence-electron chi connectivity index (χ0n) is 19.7. The fourth-order valence-electron chi connectivity index (χ4n) is 8.80. The normalized spacial score (nSPS) is 47.9. The molecule has 0 spiro atoms. The van der Waals surface area contributed by atoms with Crippen LogP contribution in [-0.4, -0.2) is 22.4 Å². The number of hydrogen-bond donors (Lipinski definition) is 2. The van der Waals surface area contributed by atoms with Crippen LogP contribution in [0.1, 0.15) is 98.8 Å². The lowest BCUT2D eigenvalue weighted by atomic mass is 9.46. The van der Waals surface area contributed by atoms with E-state index in [1.165, 1.54) is 37.7 Å². The highest BCUT2D eigenvalue weighted by Crippen LogP contribution is 2.67. The molecule has 0 aromatic heterocycles. The van der Waals surface area contributed by atoms with Crippen molar-refractivity contribution >= 4 is 0 Å². The van der Waals surface area contributed by atoms with Gasteiger partial charge in [-0.3, -0.25) is 0 Å². The zero-order valence-corrected chi connectivity index (χ0v) is 19.7. The molecule has 29 heavy (non-hydrogen) atoms. The average molecular weight is 403 g/mol. The Morgan fingerprint density at radius 2 is 1.83 bits per heavy atom. The smallest absolute Gasteiger partial charge is 0.0585 e. The summed E-state index contributed by atoms with van der Waals surface area (Å²) in [4.78, 5) is 0. The van der Waals surface area contributed by atoms with Gasteiger partial charge in [-0.1, -0.05) is 65.5 Å². The topological polar surface area (TPSA) is 40.5 Å². The van der Waals surface area contributed by atoms with E-state index in [1.807, 2.05) is 0 Å². The Morgan fingerprint density at radius 1 is 1.07 bits per heavy atom. The standard InChI is InChI=1S/C27H46O2/c1-17(2)7-6-8-18(3)22-11-12-23-21-10-9-19-15-20(28)13-14-26(19,4)25(21)24(29)16-27(22,23)5/h9,17-18,20-25,28-29H,6-8,10-16H2,1-5H3/t18-,20-,21+,22-,23+,24-,25-,26+,27-/m1/s1. The molecular formula is C27H46O2. The van der Waals surface area contributed by atoms with Crippen LogP contribution in [0.15, 0.2) is 11.6 Å². The minimum Gasteiger partial charge on any atom is -0.393 e. The summed E-state index contributed by atoms with van der Waals surface area (Å²) < 4.78 is 0. The van der Waals surface area contributed by atoms with E-state index in [0.29, 0.717) is 17.3 Å². The maximum atomic E-state index is 11.5. The highest BCUT2D eigenvalue weighted by molar-refractivity contribution is 5.26. The Bertz CT molecular complexity index is 624. The van der Waals surface area contributed by atoms with Crippen molar-refractivity contribution in [1.29, 1.82) is 0 Å². The molecule has 2 nitrogen and oxygen atoms in total. The van der Waals surface area contributed by atoms with E-state index in [2.05, 4.69) is 40.7 Å². The fourth-order valence-corrected chi connectivity index (χ4v) is 8.80. The molecule has 0 amide bonds. The van der Waals surface area contributed by atoms with Gasteiger partial charge in [0.25, 0.3) is 0 Å². The predicted octanol–water partition coefficient (Wildman–Crippen LogP) is 6.36. The third kappa shape index (κ3) is 3.65. The number of rotatable bonds is 5. The minimum atomic E-state index is -0.173. The van der Waals surface area contributed by atoms with Gasteiger partial charge in [-0.05, 0) is 91.3 Å². The molecule has 0 bridgehead atoms. The second kappa shape index (κ2) is 7.97. The molecule has 3 saturated carbocycles. The van der Waals surface area contributed by atoms with Crippen molar-refractivity contribution < 1.29 is 10.2 Å². The highest BCUT2D eigenvalue weighted by atomic mass is 16.3. The quantitative estimate of drug-likeness (QED) is 0.525. The maximum absolute atomic E-state index is 11.5. The molecular weight excluding hydrogens is 356 g/mol. The van der Waals surface area contributed by atoms with Gasteiger partial charge in [-0.15, -0.1) is 0 Å². The number of fused-ring (bicyclic) bond motifs is 5. The Balaban J connectivity index is 1.54. The van der Waals surface area contributed by atoms with Gasteiger partial charge in [0.15, 0.2) is 0 Å².